The average Bonchev–Trinajstić information content (AvgIpc) is 3.11. The van der Waals surface area contributed by atoms with Crippen LogP contribution in [0.5, 0.6) is 0 Å². The van der Waals surface area contributed by atoms with Gasteiger partial charge in [-0.2, -0.15) is 0 Å². The molecule has 7 heteroatoms. The summed E-state index contributed by atoms with van der Waals surface area (Å²) in [5.74, 6) is 0. The van der Waals surface area contributed by atoms with Crippen molar-refractivity contribution in [3.63, 3.8) is 0 Å². The fourth-order valence-electron chi connectivity index (χ4n) is 1.18. The molecule has 1 aliphatic rings. The number of ether oxygens (including phenoxy) is 2. The highest BCUT2D eigenvalue weighted by Gasteiger charge is 2.28. The lowest BCUT2D eigenvalue weighted by Crippen LogP contribution is -2.38. The van der Waals surface area contributed by atoms with Gasteiger partial charge in [0.15, 0.2) is 0 Å². The molecule has 92 valence electrons. The molecular weight excluding hydrogens is 230 g/mol. The van der Waals surface area contributed by atoms with Gasteiger partial charge in [-0.05, 0) is 6.42 Å². The van der Waals surface area contributed by atoms with Crippen LogP contribution in [0.2, 0.25) is 0 Å². The van der Waals surface area contributed by atoms with E-state index < -0.39 is 9.28 Å². The van der Waals surface area contributed by atoms with Crippen LogP contribution in [0.25, 0.3) is 0 Å². The van der Waals surface area contributed by atoms with Gasteiger partial charge in [0.1, 0.15) is 6.10 Å². The minimum Gasteiger partial charge on any atom is -0.398 e. The largest absolute Gasteiger partial charge is 0.398 e. The quantitative estimate of drug-likeness (QED) is 0.440. The third-order valence-corrected chi connectivity index (χ3v) is 4.27. The molecular formula is C8H23NO4Si2. The van der Waals surface area contributed by atoms with E-state index in [0.717, 1.165) is 23.4 Å². The smallest absolute Gasteiger partial charge is 0.350 e. The molecule has 0 radical (unpaired) electrons. The molecule has 0 saturated carbocycles. The molecule has 0 aromatic heterocycles. The van der Waals surface area contributed by atoms with Gasteiger partial charge in [-0.25, -0.2) is 0 Å². The summed E-state index contributed by atoms with van der Waals surface area (Å²) in [6.45, 7) is 3.59. The highest BCUT2D eigenvalue weighted by atomic mass is 28.3. The van der Waals surface area contributed by atoms with Crippen molar-refractivity contribution < 1.29 is 18.3 Å². The number of rotatable bonds is 7. The van der Waals surface area contributed by atoms with Crippen LogP contribution < -0.4 is 5.40 Å². The summed E-state index contributed by atoms with van der Waals surface area (Å²) in [4.78, 5) is 0. The van der Waals surface area contributed by atoms with Crippen molar-refractivity contribution in [2.75, 3.05) is 27.4 Å². The van der Waals surface area contributed by atoms with E-state index in [1.54, 1.807) is 14.2 Å². The van der Waals surface area contributed by atoms with Crippen molar-refractivity contribution in [3.05, 3.63) is 0 Å². The van der Waals surface area contributed by atoms with E-state index in [-0.39, 0.29) is 5.73 Å². The van der Waals surface area contributed by atoms with Crippen molar-refractivity contribution in [1.82, 2.24) is 0 Å². The fourth-order valence-corrected chi connectivity index (χ4v) is 2.64. The molecule has 2 unspecified atom stereocenters. The van der Waals surface area contributed by atoms with Gasteiger partial charge in [0.05, 0.1) is 29.3 Å². The van der Waals surface area contributed by atoms with E-state index in [2.05, 4.69) is 12.3 Å². The highest BCUT2D eigenvalue weighted by molar-refractivity contribution is 6.45. The Labute approximate surface area is 96.6 Å². The first-order chi connectivity index (χ1) is 7.31. The number of hydrogen-bond donors (Lipinski definition) is 1. The Bertz CT molecular complexity index is 145. The zero-order valence-corrected chi connectivity index (χ0v) is 13.2. The van der Waals surface area contributed by atoms with Gasteiger partial charge < -0.3 is 23.7 Å². The van der Waals surface area contributed by atoms with Crippen LogP contribution in [0, 0.1) is 0 Å². The first kappa shape index (κ1) is 15.2. The van der Waals surface area contributed by atoms with Gasteiger partial charge in [-0.1, -0.05) is 6.92 Å². The molecule has 1 rings (SSSR count). The zero-order chi connectivity index (χ0) is 11.7. The van der Waals surface area contributed by atoms with Gasteiger partial charge in [0.25, 0.3) is 0 Å². The predicted octanol–water partition coefficient (Wildman–Crippen LogP) is -1.54. The molecule has 2 atom stereocenters. The summed E-state index contributed by atoms with van der Waals surface area (Å²) in [5.41, 5.74) is 0.138. The minimum absolute atomic E-state index is 0.138. The van der Waals surface area contributed by atoms with Crippen molar-refractivity contribution >= 4 is 19.7 Å². The zero-order valence-electron chi connectivity index (χ0n) is 10.1. The van der Waals surface area contributed by atoms with E-state index in [1.165, 1.54) is 0 Å². The van der Waals surface area contributed by atoms with Crippen LogP contribution in [-0.4, -0.2) is 59.0 Å². The Morgan fingerprint density at radius 1 is 1.47 bits per heavy atom. The molecule has 1 aliphatic heterocycles. The predicted molar refractivity (Wildman–Crippen MR) is 65.1 cm³/mol. The van der Waals surface area contributed by atoms with Gasteiger partial charge >= 0.3 is 9.28 Å². The molecule has 0 spiro atoms. The lowest BCUT2D eigenvalue weighted by molar-refractivity contribution is 0.0577. The molecule has 0 aromatic rings. The molecule has 1 fully saturated rings. The van der Waals surface area contributed by atoms with Gasteiger partial charge in [-0.15, -0.1) is 0 Å². The topological polar surface area (TPSA) is 66.2 Å². The Morgan fingerprint density at radius 2 is 2.00 bits per heavy atom. The molecule has 5 nitrogen and oxygen atoms in total. The molecule has 0 amide bonds. The third kappa shape index (κ3) is 6.41. The Balaban J connectivity index is 0.000000921. The molecule has 0 aliphatic carbocycles. The monoisotopic (exact) mass is 253 g/mol. The maximum absolute atomic E-state index is 5.65. The van der Waals surface area contributed by atoms with E-state index >= 15 is 0 Å². The lowest BCUT2D eigenvalue weighted by atomic mass is 10.5. The van der Waals surface area contributed by atoms with Crippen LogP contribution in [-0.2, 0) is 18.3 Å². The summed E-state index contributed by atoms with van der Waals surface area (Å²) in [6, 6.07) is 0. The Morgan fingerprint density at radius 3 is 2.33 bits per heavy atom. The summed E-state index contributed by atoms with van der Waals surface area (Å²) < 4.78 is 21.2. The van der Waals surface area contributed by atoms with Crippen molar-refractivity contribution in [1.29, 1.82) is 0 Å². The van der Waals surface area contributed by atoms with Crippen LogP contribution in [0.4, 0.5) is 0 Å². The van der Waals surface area contributed by atoms with Crippen molar-refractivity contribution in [2.45, 2.75) is 25.2 Å². The normalized spacial score (nSPS) is 21.0. The van der Waals surface area contributed by atoms with Crippen molar-refractivity contribution in [3.8, 4) is 0 Å². The Hall–Kier alpha value is 0.234. The number of epoxide rings is 1. The van der Waals surface area contributed by atoms with Crippen LogP contribution in [0.3, 0.4) is 0 Å². The average molecular weight is 253 g/mol. The highest BCUT2D eigenvalue weighted by Crippen LogP contribution is 2.12. The van der Waals surface area contributed by atoms with E-state index in [9.17, 15) is 0 Å². The van der Waals surface area contributed by atoms with E-state index in [1.807, 2.05) is 0 Å². The summed E-state index contributed by atoms with van der Waals surface area (Å²) in [5, 5.41) is 4.64. The number of nitrogens with two attached hydrogens (primary N) is 1. The van der Waals surface area contributed by atoms with Crippen molar-refractivity contribution in [2.24, 2.45) is 5.40 Å². The van der Waals surface area contributed by atoms with Crippen LogP contribution >= 0.6 is 0 Å². The molecule has 0 bridgehead atoms. The first-order valence-electron chi connectivity index (χ1n) is 5.18. The van der Waals surface area contributed by atoms with Gasteiger partial charge in [-0.3, -0.25) is 0 Å². The first-order valence-corrected chi connectivity index (χ1v) is 7.94. The van der Waals surface area contributed by atoms with Gasteiger partial charge in [0.2, 0.25) is 0 Å². The fraction of sp³-hybridized carbons (Fsp3) is 1.00. The number of hydrogen-bond acceptors (Lipinski definition) is 5. The molecule has 15 heavy (non-hydrogen) atoms. The second kappa shape index (κ2) is 9.46. The van der Waals surface area contributed by atoms with E-state index in [0.29, 0.717) is 12.7 Å². The molecule has 1 heterocycles. The molecule has 2 N–H and O–H groups in total. The maximum Gasteiger partial charge on any atom is 0.350 e. The minimum atomic E-state index is -1.62. The third-order valence-electron chi connectivity index (χ3n) is 2.07. The molecule has 0 aromatic carbocycles. The molecule has 1 saturated heterocycles. The second-order valence-corrected chi connectivity index (χ2v) is 5.50. The van der Waals surface area contributed by atoms with Crippen LogP contribution in [0.15, 0.2) is 0 Å². The maximum atomic E-state index is 5.65. The van der Waals surface area contributed by atoms with E-state index in [4.69, 9.17) is 18.3 Å². The second-order valence-electron chi connectivity index (χ2n) is 3.08. The summed E-state index contributed by atoms with van der Waals surface area (Å²) in [6.07, 6.45) is 1.25. The summed E-state index contributed by atoms with van der Waals surface area (Å²) >= 11 is 0. The lowest BCUT2D eigenvalue weighted by Gasteiger charge is -2.21. The van der Waals surface area contributed by atoms with Crippen LogP contribution in [0.1, 0.15) is 13.3 Å². The SMILES string of the molecule is CCC(OCC1CO1)[SiH](OC)OC.N[SiH3]. The summed E-state index contributed by atoms with van der Waals surface area (Å²) in [7, 11) is 2.55. The Kier molecular flexibility index (Phi) is 9.61. The van der Waals surface area contributed by atoms with Gasteiger partial charge in [0, 0.05) is 14.2 Å². The standard InChI is InChI=1S/C8H18O4Si.H5NSi/c1-4-8(13(9-2)10-3)12-6-7-5-11-7;1-2/h7-8,13H,4-6H2,1-3H3;1H2,2H3.